The molecule has 1 amide bonds. The molecular weight excluding hydrogens is 497 g/mol. The second-order valence-corrected chi connectivity index (χ2v) is 10.8. The van der Waals surface area contributed by atoms with Crippen molar-refractivity contribution < 1.29 is 26.9 Å². The van der Waals surface area contributed by atoms with E-state index in [1.165, 1.54) is 30.5 Å². The fourth-order valence-corrected chi connectivity index (χ4v) is 4.40. The Kier molecular flexibility index (Phi) is 6.69. The highest BCUT2D eigenvalue weighted by molar-refractivity contribution is 7.91. The molecule has 0 saturated heterocycles. The molecule has 9 nitrogen and oxygen atoms in total. The average Bonchev–Trinajstić information content (AvgIpc) is 2.73. The van der Waals surface area contributed by atoms with Gasteiger partial charge < -0.3 is 10.1 Å². The molecule has 1 aromatic carbocycles. The number of carbonyl (C=O) groups is 1. The summed E-state index contributed by atoms with van der Waals surface area (Å²) in [5.41, 5.74) is -0.790. The molecule has 0 radical (unpaired) electrons. The summed E-state index contributed by atoms with van der Waals surface area (Å²) in [4.78, 5) is 13.3. The Balaban J connectivity index is 1.72. The van der Waals surface area contributed by atoms with Crippen molar-refractivity contribution in [1.29, 1.82) is 4.78 Å². The molecule has 1 aliphatic rings. The lowest BCUT2D eigenvalue weighted by atomic mass is 9.82. The SMILES string of the molecule is Cc1cc(C2CCC2)nnc1Oc1nnc(C(F)(F)F)c(C)c1C(=O)Nc1cccc(S(C)(=N)=O)c1. The fraction of sp³-hybridized carbons (Fsp3) is 0.348. The molecule has 1 saturated carbocycles. The van der Waals surface area contributed by atoms with E-state index in [1.807, 2.05) is 0 Å². The third kappa shape index (κ3) is 5.30. The Morgan fingerprint density at radius 2 is 1.81 bits per heavy atom. The van der Waals surface area contributed by atoms with Crippen LogP contribution in [0.1, 0.15) is 58.1 Å². The van der Waals surface area contributed by atoms with Gasteiger partial charge in [-0.15, -0.1) is 15.3 Å². The summed E-state index contributed by atoms with van der Waals surface area (Å²) in [6.45, 7) is 2.81. The highest BCUT2D eigenvalue weighted by atomic mass is 32.2. The number of alkyl halides is 3. The average molecular weight is 521 g/mol. The van der Waals surface area contributed by atoms with Gasteiger partial charge in [0.15, 0.2) is 5.69 Å². The monoisotopic (exact) mass is 520 g/mol. The van der Waals surface area contributed by atoms with Crippen molar-refractivity contribution in [3.05, 3.63) is 58.4 Å². The minimum atomic E-state index is -4.86. The summed E-state index contributed by atoms with van der Waals surface area (Å²) in [6.07, 6.45) is -0.508. The summed E-state index contributed by atoms with van der Waals surface area (Å²) < 4.78 is 66.0. The quantitative estimate of drug-likeness (QED) is 0.454. The normalized spacial score (nSPS) is 15.6. The van der Waals surface area contributed by atoms with E-state index in [9.17, 15) is 22.2 Å². The predicted molar refractivity (Wildman–Crippen MR) is 125 cm³/mol. The topological polar surface area (TPSA) is 131 Å². The molecule has 1 unspecified atom stereocenters. The van der Waals surface area contributed by atoms with Crippen molar-refractivity contribution in [2.45, 2.75) is 50.1 Å². The van der Waals surface area contributed by atoms with E-state index in [2.05, 4.69) is 25.7 Å². The van der Waals surface area contributed by atoms with Crippen LogP contribution in [-0.4, -0.2) is 36.8 Å². The van der Waals surface area contributed by atoms with Gasteiger partial charge in [-0.3, -0.25) is 4.79 Å². The molecule has 0 spiro atoms. The molecule has 13 heteroatoms. The standard InChI is InChI=1S/C23H23F3N6O3S/c1-12-10-17(14-6-4-7-14)29-31-21(12)35-22-18(13(2)19(30-32-22)23(24,25)26)20(33)28-15-8-5-9-16(11-15)36(3,27)34/h5,8-11,14,27H,4,6-7H2,1-3H3,(H,28,33). The lowest BCUT2D eigenvalue weighted by molar-refractivity contribution is -0.142. The van der Waals surface area contributed by atoms with E-state index in [0.717, 1.165) is 31.9 Å². The lowest BCUT2D eigenvalue weighted by Crippen LogP contribution is -2.21. The number of rotatable bonds is 6. The molecule has 1 fully saturated rings. The summed E-state index contributed by atoms with van der Waals surface area (Å²) >= 11 is 0. The van der Waals surface area contributed by atoms with Gasteiger partial charge >= 0.3 is 6.18 Å². The van der Waals surface area contributed by atoms with Gasteiger partial charge in [-0.2, -0.15) is 18.3 Å². The molecule has 1 atom stereocenters. The molecule has 190 valence electrons. The number of carbonyl (C=O) groups excluding carboxylic acids is 1. The van der Waals surface area contributed by atoms with Crippen LogP contribution in [0.2, 0.25) is 0 Å². The first kappa shape index (κ1) is 25.5. The number of hydrogen-bond donors (Lipinski definition) is 2. The van der Waals surface area contributed by atoms with Crippen LogP contribution in [0.4, 0.5) is 18.9 Å². The van der Waals surface area contributed by atoms with E-state index in [1.54, 1.807) is 13.0 Å². The number of nitrogens with zero attached hydrogens (tertiary/aromatic N) is 4. The maximum absolute atomic E-state index is 13.5. The zero-order valence-corrected chi connectivity index (χ0v) is 20.5. The first-order valence-corrected chi connectivity index (χ1v) is 12.9. The van der Waals surface area contributed by atoms with Gasteiger partial charge in [0, 0.05) is 28.3 Å². The lowest BCUT2D eigenvalue weighted by Gasteiger charge is -2.24. The first-order valence-electron chi connectivity index (χ1n) is 11.0. The summed E-state index contributed by atoms with van der Waals surface area (Å²) in [7, 11) is -3.08. The third-order valence-electron chi connectivity index (χ3n) is 5.90. The molecule has 2 N–H and O–H groups in total. The van der Waals surface area contributed by atoms with E-state index in [4.69, 9.17) is 9.52 Å². The Morgan fingerprint density at radius 3 is 2.39 bits per heavy atom. The van der Waals surface area contributed by atoms with E-state index in [0.29, 0.717) is 11.5 Å². The summed E-state index contributed by atoms with van der Waals surface area (Å²) in [5.74, 6) is -1.12. The number of nitrogens with one attached hydrogen (secondary N) is 2. The van der Waals surface area contributed by atoms with Crippen molar-refractivity contribution in [3.63, 3.8) is 0 Å². The van der Waals surface area contributed by atoms with Crippen LogP contribution < -0.4 is 10.1 Å². The van der Waals surface area contributed by atoms with Gasteiger partial charge in [-0.25, -0.2) is 8.99 Å². The highest BCUT2D eigenvalue weighted by Crippen LogP contribution is 2.37. The maximum atomic E-state index is 13.5. The highest BCUT2D eigenvalue weighted by Gasteiger charge is 2.38. The molecule has 2 aromatic heterocycles. The number of aryl methyl sites for hydroxylation is 1. The molecule has 3 aromatic rings. The van der Waals surface area contributed by atoms with Crippen molar-refractivity contribution >= 4 is 21.3 Å². The number of ether oxygens (including phenoxy) is 1. The Bertz CT molecular complexity index is 1440. The Morgan fingerprint density at radius 1 is 1.11 bits per heavy atom. The van der Waals surface area contributed by atoms with E-state index >= 15 is 0 Å². The zero-order valence-electron chi connectivity index (χ0n) is 19.6. The third-order valence-corrected chi connectivity index (χ3v) is 7.05. The minimum Gasteiger partial charge on any atom is -0.416 e. The Hall–Kier alpha value is -3.61. The number of benzene rings is 1. The van der Waals surface area contributed by atoms with Crippen LogP contribution in [0.5, 0.6) is 11.8 Å². The minimum absolute atomic E-state index is 0.0116. The van der Waals surface area contributed by atoms with Crippen molar-refractivity contribution in [2.75, 3.05) is 11.6 Å². The first-order chi connectivity index (χ1) is 16.8. The van der Waals surface area contributed by atoms with Gasteiger partial charge in [0.25, 0.3) is 11.8 Å². The van der Waals surface area contributed by atoms with Crippen LogP contribution in [0.25, 0.3) is 0 Å². The molecule has 4 rings (SSSR count). The zero-order chi connectivity index (χ0) is 26.3. The number of aromatic nitrogens is 4. The van der Waals surface area contributed by atoms with Crippen LogP contribution >= 0.6 is 0 Å². The van der Waals surface area contributed by atoms with Crippen LogP contribution in [-0.2, 0) is 15.9 Å². The largest absolute Gasteiger partial charge is 0.435 e. The number of anilines is 1. The molecule has 0 bridgehead atoms. The van der Waals surface area contributed by atoms with Crippen LogP contribution in [0.3, 0.4) is 0 Å². The molecule has 0 aliphatic heterocycles. The van der Waals surface area contributed by atoms with Crippen molar-refractivity contribution in [2.24, 2.45) is 0 Å². The summed E-state index contributed by atoms with van der Waals surface area (Å²) in [5, 5.41) is 17.5. The second-order valence-electron chi connectivity index (χ2n) is 8.66. The number of hydrogen-bond acceptors (Lipinski definition) is 8. The van der Waals surface area contributed by atoms with Crippen LogP contribution in [0.15, 0.2) is 35.2 Å². The van der Waals surface area contributed by atoms with Crippen molar-refractivity contribution in [1.82, 2.24) is 20.4 Å². The van der Waals surface area contributed by atoms with Gasteiger partial charge in [-0.1, -0.05) is 12.5 Å². The molecule has 1 aliphatic carbocycles. The van der Waals surface area contributed by atoms with Gasteiger partial charge in [0.2, 0.25) is 5.88 Å². The van der Waals surface area contributed by atoms with E-state index < -0.39 is 44.5 Å². The van der Waals surface area contributed by atoms with Crippen molar-refractivity contribution in [3.8, 4) is 11.8 Å². The van der Waals surface area contributed by atoms with E-state index in [-0.39, 0.29) is 16.5 Å². The second kappa shape index (κ2) is 9.45. The van der Waals surface area contributed by atoms with Gasteiger partial charge in [0.05, 0.1) is 15.4 Å². The van der Waals surface area contributed by atoms with Gasteiger partial charge in [-0.05, 0) is 56.5 Å². The maximum Gasteiger partial charge on any atom is 0.435 e. The molecular formula is C23H23F3N6O3S. The Labute approximate surface area is 205 Å². The molecule has 2 heterocycles. The smallest absolute Gasteiger partial charge is 0.416 e. The fourth-order valence-electron chi connectivity index (χ4n) is 3.71. The summed E-state index contributed by atoms with van der Waals surface area (Å²) in [6, 6.07) is 7.50. The molecule has 36 heavy (non-hydrogen) atoms. The number of amides is 1. The van der Waals surface area contributed by atoms with Crippen LogP contribution in [0, 0.1) is 18.6 Å². The predicted octanol–water partition coefficient (Wildman–Crippen LogP) is 5.25. The number of halogens is 3. The van der Waals surface area contributed by atoms with Gasteiger partial charge in [0.1, 0.15) is 5.56 Å².